The molecule has 0 aromatic carbocycles. The second-order valence-corrected chi connectivity index (χ2v) is 5.81. The normalized spacial score (nSPS) is 25.5. The van der Waals surface area contributed by atoms with Crippen molar-refractivity contribution in [2.24, 2.45) is 5.73 Å². The molecule has 0 spiro atoms. The van der Waals surface area contributed by atoms with E-state index in [1.54, 1.807) is 4.90 Å². The molecular weight excluding hydrogens is 270 g/mol. The van der Waals surface area contributed by atoms with Gasteiger partial charge in [0, 0.05) is 25.6 Å². The van der Waals surface area contributed by atoms with E-state index in [-0.39, 0.29) is 24.4 Å². The Balaban J connectivity index is 1.87. The van der Waals surface area contributed by atoms with Gasteiger partial charge in [-0.1, -0.05) is 0 Å². The molecule has 116 valence electrons. The number of amides is 1. The maximum atomic E-state index is 12.1. The summed E-state index contributed by atoms with van der Waals surface area (Å²) >= 11 is 0. The van der Waals surface area contributed by atoms with Gasteiger partial charge in [0.25, 0.3) is 0 Å². The molecule has 2 unspecified atom stereocenters. The molecule has 6 nitrogen and oxygen atoms in total. The van der Waals surface area contributed by atoms with Crippen molar-refractivity contribution in [1.82, 2.24) is 9.80 Å². The van der Waals surface area contributed by atoms with Crippen LogP contribution in [0, 0.1) is 12.3 Å². The van der Waals surface area contributed by atoms with Gasteiger partial charge in [-0.05, 0) is 32.2 Å². The van der Waals surface area contributed by atoms with Crippen LogP contribution in [0.2, 0.25) is 0 Å². The fourth-order valence-electron chi connectivity index (χ4n) is 3.36. The highest BCUT2D eigenvalue weighted by atomic mass is 16.4. The summed E-state index contributed by atoms with van der Waals surface area (Å²) in [6.07, 6.45) is 8.70. The van der Waals surface area contributed by atoms with E-state index < -0.39 is 12.0 Å². The number of nitrogens with two attached hydrogens (primary N) is 1. The van der Waals surface area contributed by atoms with E-state index in [2.05, 4.69) is 10.8 Å². The quantitative estimate of drug-likeness (QED) is 0.706. The lowest BCUT2D eigenvalue weighted by Crippen LogP contribution is -2.52. The third-order valence-electron chi connectivity index (χ3n) is 4.48. The third kappa shape index (κ3) is 3.55. The van der Waals surface area contributed by atoms with E-state index in [1.807, 2.05) is 0 Å². The molecular formula is C15H23N3O3. The lowest BCUT2D eigenvalue weighted by molar-refractivity contribution is -0.144. The van der Waals surface area contributed by atoms with Crippen molar-refractivity contribution in [3.8, 4) is 12.3 Å². The number of carbonyl (C=O) groups is 2. The second-order valence-electron chi connectivity index (χ2n) is 5.81. The molecule has 2 rings (SSSR count). The first-order chi connectivity index (χ1) is 10.0. The summed E-state index contributed by atoms with van der Waals surface area (Å²) in [4.78, 5) is 27.2. The van der Waals surface area contributed by atoms with Gasteiger partial charge >= 0.3 is 5.97 Å². The molecule has 2 fully saturated rings. The fraction of sp³-hybridized carbons (Fsp3) is 0.733. The molecule has 21 heavy (non-hydrogen) atoms. The Labute approximate surface area is 125 Å². The molecule has 2 saturated heterocycles. The standard InChI is InChI=1S/C15H23N3O3/c1-2-4-12(16)14(19)17-9-6-11(7-10-17)18-8-3-5-13(18)15(20)21/h1,11-13H,3-10,16H2,(H,20,21). The molecule has 0 saturated carbocycles. The molecule has 1 amide bonds. The zero-order valence-corrected chi connectivity index (χ0v) is 12.2. The molecule has 6 heteroatoms. The van der Waals surface area contributed by atoms with E-state index >= 15 is 0 Å². The minimum atomic E-state index is -0.734. The SMILES string of the molecule is C#CCC(N)C(=O)N1CCC(N2CCCC2C(=O)O)CC1. The Bertz CT molecular complexity index is 438. The number of hydrogen-bond donors (Lipinski definition) is 2. The molecule has 2 atom stereocenters. The topological polar surface area (TPSA) is 86.9 Å². The van der Waals surface area contributed by atoms with Gasteiger partial charge in [0.15, 0.2) is 0 Å². The molecule has 2 aliphatic heterocycles. The van der Waals surface area contributed by atoms with Gasteiger partial charge in [-0.25, -0.2) is 0 Å². The smallest absolute Gasteiger partial charge is 0.320 e. The van der Waals surface area contributed by atoms with Crippen LogP contribution in [0.1, 0.15) is 32.1 Å². The summed E-state index contributed by atoms with van der Waals surface area (Å²) in [6, 6.07) is -0.729. The Morgan fingerprint density at radius 1 is 1.29 bits per heavy atom. The van der Waals surface area contributed by atoms with Crippen LogP contribution in [-0.4, -0.2) is 64.5 Å². The maximum absolute atomic E-state index is 12.1. The van der Waals surface area contributed by atoms with Crippen LogP contribution in [0.5, 0.6) is 0 Å². The first-order valence-corrected chi connectivity index (χ1v) is 7.51. The lowest BCUT2D eigenvalue weighted by Gasteiger charge is -2.39. The zero-order chi connectivity index (χ0) is 15.4. The molecule has 0 radical (unpaired) electrons. The molecule has 0 aliphatic carbocycles. The molecule has 2 heterocycles. The first kappa shape index (κ1) is 15.8. The summed E-state index contributed by atoms with van der Waals surface area (Å²) in [7, 11) is 0. The monoisotopic (exact) mass is 293 g/mol. The Morgan fingerprint density at radius 2 is 1.95 bits per heavy atom. The van der Waals surface area contributed by atoms with Gasteiger partial charge in [0.05, 0.1) is 6.04 Å². The highest BCUT2D eigenvalue weighted by molar-refractivity contribution is 5.82. The van der Waals surface area contributed by atoms with Crippen LogP contribution in [0.25, 0.3) is 0 Å². The number of nitrogens with zero attached hydrogens (tertiary/aromatic N) is 2. The summed E-state index contributed by atoms with van der Waals surface area (Å²) in [6.45, 7) is 2.10. The van der Waals surface area contributed by atoms with E-state index in [4.69, 9.17) is 12.2 Å². The zero-order valence-electron chi connectivity index (χ0n) is 12.2. The summed E-state index contributed by atoms with van der Waals surface area (Å²) in [5, 5.41) is 9.24. The van der Waals surface area contributed by atoms with Gasteiger partial charge < -0.3 is 15.7 Å². The van der Waals surface area contributed by atoms with E-state index in [9.17, 15) is 14.7 Å². The molecule has 3 N–H and O–H groups in total. The van der Waals surface area contributed by atoms with Crippen molar-refractivity contribution < 1.29 is 14.7 Å². The summed E-state index contributed by atoms with van der Waals surface area (Å²) in [5.74, 6) is 1.58. The third-order valence-corrected chi connectivity index (χ3v) is 4.48. The van der Waals surface area contributed by atoms with Crippen molar-refractivity contribution in [3.05, 3.63) is 0 Å². The van der Waals surface area contributed by atoms with Gasteiger partial charge in [0.2, 0.25) is 5.91 Å². The number of carboxylic acid groups (broad SMARTS) is 1. The van der Waals surface area contributed by atoms with E-state index in [1.165, 1.54) is 0 Å². The first-order valence-electron chi connectivity index (χ1n) is 7.51. The maximum Gasteiger partial charge on any atom is 0.320 e. The average Bonchev–Trinajstić information content (AvgIpc) is 2.96. The molecule has 0 bridgehead atoms. The van der Waals surface area contributed by atoms with Crippen LogP contribution in [0.4, 0.5) is 0 Å². The number of carbonyl (C=O) groups excluding carboxylic acids is 1. The number of terminal acetylenes is 1. The predicted octanol–water partition coefficient (Wildman–Crippen LogP) is -0.123. The van der Waals surface area contributed by atoms with Gasteiger partial charge in [-0.3, -0.25) is 14.5 Å². The Kier molecular flexibility index (Phi) is 5.21. The van der Waals surface area contributed by atoms with Crippen molar-refractivity contribution >= 4 is 11.9 Å². The van der Waals surface area contributed by atoms with Crippen LogP contribution in [0.15, 0.2) is 0 Å². The molecule has 0 aromatic rings. The second kappa shape index (κ2) is 6.92. The van der Waals surface area contributed by atoms with Crippen molar-refractivity contribution in [2.45, 2.75) is 50.2 Å². The minimum absolute atomic E-state index is 0.0948. The number of hydrogen-bond acceptors (Lipinski definition) is 4. The number of carboxylic acids is 1. The molecule has 2 aliphatic rings. The van der Waals surface area contributed by atoms with Crippen LogP contribution >= 0.6 is 0 Å². The number of aliphatic carboxylic acids is 1. The number of likely N-dealkylation sites (tertiary alicyclic amines) is 2. The highest BCUT2D eigenvalue weighted by Crippen LogP contribution is 2.26. The van der Waals surface area contributed by atoms with Crippen molar-refractivity contribution in [3.63, 3.8) is 0 Å². The van der Waals surface area contributed by atoms with Crippen LogP contribution < -0.4 is 5.73 Å². The Hall–Kier alpha value is -1.58. The summed E-state index contributed by atoms with van der Waals surface area (Å²) in [5.41, 5.74) is 5.76. The van der Waals surface area contributed by atoms with Crippen LogP contribution in [-0.2, 0) is 9.59 Å². The fourth-order valence-corrected chi connectivity index (χ4v) is 3.36. The predicted molar refractivity (Wildman–Crippen MR) is 78.4 cm³/mol. The largest absolute Gasteiger partial charge is 0.480 e. The van der Waals surface area contributed by atoms with Crippen molar-refractivity contribution in [2.75, 3.05) is 19.6 Å². The lowest BCUT2D eigenvalue weighted by atomic mass is 10.0. The number of rotatable bonds is 4. The molecule has 0 aromatic heterocycles. The van der Waals surface area contributed by atoms with E-state index in [0.717, 1.165) is 32.2 Å². The van der Waals surface area contributed by atoms with E-state index in [0.29, 0.717) is 13.1 Å². The van der Waals surface area contributed by atoms with Gasteiger partial charge in [-0.15, -0.1) is 12.3 Å². The minimum Gasteiger partial charge on any atom is -0.480 e. The van der Waals surface area contributed by atoms with Crippen molar-refractivity contribution in [1.29, 1.82) is 0 Å². The highest BCUT2D eigenvalue weighted by Gasteiger charge is 2.37. The van der Waals surface area contributed by atoms with Gasteiger partial charge in [0.1, 0.15) is 6.04 Å². The average molecular weight is 293 g/mol. The number of piperidine rings is 1. The van der Waals surface area contributed by atoms with Crippen LogP contribution in [0.3, 0.4) is 0 Å². The summed E-state index contributed by atoms with van der Waals surface area (Å²) < 4.78 is 0. The Morgan fingerprint density at radius 3 is 2.52 bits per heavy atom. The van der Waals surface area contributed by atoms with Gasteiger partial charge in [-0.2, -0.15) is 0 Å².